The molecule has 7 heteroatoms. The van der Waals surface area contributed by atoms with Gasteiger partial charge >= 0.3 is 0 Å². The summed E-state index contributed by atoms with van der Waals surface area (Å²) in [4.78, 5) is 21.8. The maximum atomic E-state index is 12.7. The van der Waals surface area contributed by atoms with Crippen LogP contribution in [0.1, 0.15) is 54.9 Å². The SMILES string of the molecule is CCNC(=NCc1ccc(C(=O)N2CCCCC2)cc1)N1CCOC(C2CCCO2)C1. The molecule has 0 radical (unpaired) electrons. The van der Waals surface area contributed by atoms with Gasteiger partial charge in [0.1, 0.15) is 6.10 Å². The molecular weight excluding hydrogens is 392 g/mol. The summed E-state index contributed by atoms with van der Waals surface area (Å²) in [6.07, 6.45) is 5.97. The third kappa shape index (κ3) is 5.77. The van der Waals surface area contributed by atoms with Gasteiger partial charge in [0.05, 0.1) is 19.3 Å². The van der Waals surface area contributed by atoms with Crippen LogP contribution in [0, 0.1) is 0 Å². The Labute approximate surface area is 185 Å². The van der Waals surface area contributed by atoms with Crippen molar-refractivity contribution >= 4 is 11.9 Å². The molecule has 2 atom stereocenters. The van der Waals surface area contributed by atoms with Gasteiger partial charge < -0.3 is 24.6 Å². The van der Waals surface area contributed by atoms with Gasteiger partial charge in [0.25, 0.3) is 5.91 Å². The number of hydrogen-bond acceptors (Lipinski definition) is 4. The van der Waals surface area contributed by atoms with Crippen LogP contribution in [0.4, 0.5) is 0 Å². The molecule has 0 bridgehead atoms. The van der Waals surface area contributed by atoms with Crippen molar-refractivity contribution in [1.82, 2.24) is 15.1 Å². The number of guanidine groups is 1. The second-order valence-electron chi connectivity index (χ2n) is 8.63. The Bertz CT molecular complexity index is 740. The number of morpholine rings is 1. The highest BCUT2D eigenvalue weighted by atomic mass is 16.5. The summed E-state index contributed by atoms with van der Waals surface area (Å²) >= 11 is 0. The molecule has 170 valence electrons. The van der Waals surface area contributed by atoms with Crippen molar-refractivity contribution < 1.29 is 14.3 Å². The Hall–Kier alpha value is -2.12. The smallest absolute Gasteiger partial charge is 0.253 e. The fourth-order valence-electron chi connectivity index (χ4n) is 4.61. The molecular formula is C24H36N4O3. The van der Waals surface area contributed by atoms with Crippen molar-refractivity contribution in [1.29, 1.82) is 0 Å². The number of nitrogens with zero attached hydrogens (tertiary/aromatic N) is 3. The highest BCUT2D eigenvalue weighted by molar-refractivity contribution is 5.94. The molecule has 1 amide bonds. The molecule has 1 aromatic rings. The Morgan fingerprint density at radius 1 is 1.00 bits per heavy atom. The zero-order chi connectivity index (χ0) is 21.5. The van der Waals surface area contributed by atoms with Gasteiger partial charge in [-0.15, -0.1) is 0 Å². The number of rotatable bonds is 5. The van der Waals surface area contributed by atoms with Crippen LogP contribution in [0.25, 0.3) is 0 Å². The van der Waals surface area contributed by atoms with E-state index in [1.165, 1.54) is 6.42 Å². The van der Waals surface area contributed by atoms with E-state index in [2.05, 4.69) is 17.1 Å². The molecule has 3 aliphatic rings. The van der Waals surface area contributed by atoms with Crippen LogP contribution in [0.15, 0.2) is 29.3 Å². The van der Waals surface area contributed by atoms with E-state index in [0.29, 0.717) is 13.2 Å². The molecule has 31 heavy (non-hydrogen) atoms. The third-order valence-corrected chi connectivity index (χ3v) is 6.36. The largest absolute Gasteiger partial charge is 0.375 e. The lowest BCUT2D eigenvalue weighted by atomic mass is 10.1. The standard InChI is InChI=1S/C24H36N4O3/c1-2-25-24(28-14-16-31-22(18-28)21-7-6-15-30-21)26-17-19-8-10-20(11-9-19)23(29)27-12-4-3-5-13-27/h8-11,21-22H,2-7,12-18H2,1H3,(H,25,26). The van der Waals surface area contributed by atoms with E-state index in [9.17, 15) is 4.79 Å². The van der Waals surface area contributed by atoms with E-state index < -0.39 is 0 Å². The minimum absolute atomic E-state index is 0.111. The molecule has 3 saturated heterocycles. The first-order valence-corrected chi connectivity index (χ1v) is 11.9. The van der Waals surface area contributed by atoms with Crippen LogP contribution in [0.2, 0.25) is 0 Å². The second-order valence-corrected chi connectivity index (χ2v) is 8.63. The van der Waals surface area contributed by atoms with Crippen molar-refractivity contribution in [2.24, 2.45) is 4.99 Å². The van der Waals surface area contributed by atoms with E-state index in [1.807, 2.05) is 29.2 Å². The van der Waals surface area contributed by atoms with Gasteiger partial charge in [-0.1, -0.05) is 12.1 Å². The molecule has 4 rings (SSSR count). The fourth-order valence-corrected chi connectivity index (χ4v) is 4.61. The number of amides is 1. The molecule has 3 fully saturated rings. The Morgan fingerprint density at radius 2 is 1.77 bits per heavy atom. The Kier molecular flexibility index (Phi) is 7.81. The van der Waals surface area contributed by atoms with Gasteiger partial charge in [-0.05, 0) is 56.7 Å². The minimum Gasteiger partial charge on any atom is -0.375 e. The van der Waals surface area contributed by atoms with E-state index in [4.69, 9.17) is 14.5 Å². The predicted molar refractivity (Wildman–Crippen MR) is 121 cm³/mol. The molecule has 3 heterocycles. The fraction of sp³-hybridized carbons (Fsp3) is 0.667. The summed E-state index contributed by atoms with van der Waals surface area (Å²) in [5, 5.41) is 3.43. The summed E-state index contributed by atoms with van der Waals surface area (Å²) in [5.41, 5.74) is 1.88. The van der Waals surface area contributed by atoms with Crippen LogP contribution < -0.4 is 5.32 Å². The van der Waals surface area contributed by atoms with Crippen LogP contribution in [0.5, 0.6) is 0 Å². The lowest BCUT2D eigenvalue weighted by molar-refractivity contribution is -0.0817. The maximum Gasteiger partial charge on any atom is 0.253 e. The van der Waals surface area contributed by atoms with Crippen LogP contribution in [-0.4, -0.2) is 79.8 Å². The molecule has 0 aromatic heterocycles. The maximum absolute atomic E-state index is 12.7. The van der Waals surface area contributed by atoms with Crippen LogP contribution >= 0.6 is 0 Å². The molecule has 3 aliphatic heterocycles. The summed E-state index contributed by atoms with van der Waals surface area (Å²) in [5.74, 6) is 1.07. The molecule has 2 unspecified atom stereocenters. The topological polar surface area (TPSA) is 66.4 Å². The quantitative estimate of drug-likeness (QED) is 0.577. The summed E-state index contributed by atoms with van der Waals surface area (Å²) in [7, 11) is 0. The third-order valence-electron chi connectivity index (χ3n) is 6.36. The normalized spacial score (nSPS) is 25.0. The van der Waals surface area contributed by atoms with E-state index in [0.717, 1.165) is 82.1 Å². The van der Waals surface area contributed by atoms with Crippen molar-refractivity contribution in [3.05, 3.63) is 35.4 Å². The molecule has 7 nitrogen and oxygen atoms in total. The lowest BCUT2D eigenvalue weighted by Crippen LogP contribution is -2.53. The number of ether oxygens (including phenoxy) is 2. The Balaban J connectivity index is 1.37. The second kappa shape index (κ2) is 11.0. The van der Waals surface area contributed by atoms with Gasteiger partial charge in [-0.2, -0.15) is 0 Å². The number of hydrogen-bond donors (Lipinski definition) is 1. The molecule has 1 aromatic carbocycles. The van der Waals surface area contributed by atoms with Gasteiger partial charge in [-0.25, -0.2) is 4.99 Å². The first-order valence-electron chi connectivity index (χ1n) is 11.9. The van der Waals surface area contributed by atoms with Gasteiger partial charge in [-0.3, -0.25) is 4.79 Å². The number of piperidine rings is 1. The zero-order valence-electron chi connectivity index (χ0n) is 18.7. The average Bonchev–Trinajstić information content (AvgIpc) is 3.37. The average molecular weight is 429 g/mol. The first-order chi connectivity index (χ1) is 15.2. The van der Waals surface area contributed by atoms with Crippen molar-refractivity contribution in [2.75, 3.05) is 45.9 Å². The van der Waals surface area contributed by atoms with Gasteiger partial charge in [0.15, 0.2) is 5.96 Å². The molecule has 0 saturated carbocycles. The molecule has 0 aliphatic carbocycles. The number of likely N-dealkylation sites (tertiary alicyclic amines) is 1. The molecule has 0 spiro atoms. The minimum atomic E-state index is 0.111. The van der Waals surface area contributed by atoms with E-state index in [1.54, 1.807) is 0 Å². The lowest BCUT2D eigenvalue weighted by Gasteiger charge is -2.37. The Morgan fingerprint density at radius 3 is 2.48 bits per heavy atom. The summed E-state index contributed by atoms with van der Waals surface area (Å²) < 4.78 is 11.8. The van der Waals surface area contributed by atoms with Gasteiger partial charge in [0, 0.05) is 44.9 Å². The summed E-state index contributed by atoms with van der Waals surface area (Å²) in [6, 6.07) is 7.94. The monoisotopic (exact) mass is 428 g/mol. The van der Waals surface area contributed by atoms with Crippen molar-refractivity contribution in [3.63, 3.8) is 0 Å². The van der Waals surface area contributed by atoms with Crippen LogP contribution in [-0.2, 0) is 16.0 Å². The number of carbonyl (C=O) groups is 1. The van der Waals surface area contributed by atoms with Gasteiger partial charge in [0.2, 0.25) is 0 Å². The zero-order valence-corrected chi connectivity index (χ0v) is 18.7. The predicted octanol–water partition coefficient (Wildman–Crippen LogP) is 2.66. The highest BCUT2D eigenvalue weighted by Gasteiger charge is 2.32. The van der Waals surface area contributed by atoms with Crippen molar-refractivity contribution in [3.8, 4) is 0 Å². The number of nitrogens with one attached hydrogen (secondary N) is 1. The first kappa shape index (κ1) is 22.1. The molecule has 1 N–H and O–H groups in total. The number of aliphatic imine (C=N–C) groups is 1. The summed E-state index contributed by atoms with van der Waals surface area (Å²) in [6.45, 7) is 8.43. The van der Waals surface area contributed by atoms with Crippen LogP contribution in [0.3, 0.4) is 0 Å². The van der Waals surface area contributed by atoms with E-state index >= 15 is 0 Å². The van der Waals surface area contributed by atoms with Crippen molar-refractivity contribution in [2.45, 2.75) is 57.8 Å². The number of benzene rings is 1. The highest BCUT2D eigenvalue weighted by Crippen LogP contribution is 2.21. The number of carbonyl (C=O) groups excluding carboxylic acids is 1. The van der Waals surface area contributed by atoms with E-state index in [-0.39, 0.29) is 18.1 Å².